The molecule has 8 nitrogen and oxygen atoms in total. The van der Waals surface area contributed by atoms with Gasteiger partial charge in [0.2, 0.25) is 5.91 Å². The van der Waals surface area contributed by atoms with E-state index in [4.69, 9.17) is 4.74 Å². The third kappa shape index (κ3) is 17.3. The fraction of sp³-hybridized carbons (Fsp3) is 0.625. The Labute approximate surface area is 246 Å². The van der Waals surface area contributed by atoms with E-state index in [1.54, 1.807) is 18.3 Å². The number of aliphatic hydroxyl groups is 1. The number of aliphatic hydroxyl groups excluding tert-OH is 1. The maximum Gasteiger partial charge on any atom is 0.328 e. The van der Waals surface area contributed by atoms with Crippen molar-refractivity contribution >= 4 is 13.5 Å². The van der Waals surface area contributed by atoms with E-state index in [2.05, 4.69) is 17.2 Å². The molecular weight excluding hydrogens is 539 g/mol. The SMILES string of the molecule is CCCCCCCCCCCCCCCC(=O)N[C@H](Cc1ccc(OCc2ccccn2)cc1)C(O)CP(=O)(O)O. The predicted molar refractivity (Wildman–Crippen MR) is 164 cm³/mol. The van der Waals surface area contributed by atoms with E-state index in [1.807, 2.05) is 30.3 Å². The number of nitrogens with one attached hydrogen (secondary N) is 1. The topological polar surface area (TPSA) is 129 Å². The van der Waals surface area contributed by atoms with E-state index in [1.165, 1.54) is 64.2 Å². The zero-order valence-corrected chi connectivity index (χ0v) is 25.6. The maximum absolute atomic E-state index is 12.6. The molecule has 0 aliphatic carbocycles. The normalized spacial score (nSPS) is 13.1. The van der Waals surface area contributed by atoms with Crippen molar-refractivity contribution in [1.82, 2.24) is 10.3 Å². The van der Waals surface area contributed by atoms with Gasteiger partial charge in [0.15, 0.2) is 0 Å². The Balaban J connectivity index is 1.71. The van der Waals surface area contributed by atoms with Gasteiger partial charge < -0.3 is 24.9 Å². The summed E-state index contributed by atoms with van der Waals surface area (Å²) in [7, 11) is -4.45. The van der Waals surface area contributed by atoms with Gasteiger partial charge in [0.05, 0.1) is 24.0 Å². The zero-order chi connectivity index (χ0) is 29.8. The molecule has 41 heavy (non-hydrogen) atoms. The van der Waals surface area contributed by atoms with Crippen LogP contribution in [0.15, 0.2) is 48.7 Å². The number of carbonyl (C=O) groups excluding carboxylic acids is 1. The highest BCUT2D eigenvalue weighted by Gasteiger charge is 2.28. The van der Waals surface area contributed by atoms with Gasteiger partial charge in [-0.1, -0.05) is 102 Å². The van der Waals surface area contributed by atoms with Crippen LogP contribution in [-0.4, -0.2) is 44.1 Å². The van der Waals surface area contributed by atoms with E-state index in [-0.39, 0.29) is 12.3 Å². The Hall–Kier alpha value is -2.25. The molecule has 2 atom stereocenters. The number of aromatic nitrogens is 1. The summed E-state index contributed by atoms with van der Waals surface area (Å²) in [5.41, 5.74) is 1.62. The number of rotatable bonds is 23. The summed E-state index contributed by atoms with van der Waals surface area (Å²) in [6, 6.07) is 12.0. The first-order valence-corrected chi connectivity index (χ1v) is 17.2. The van der Waals surface area contributed by atoms with Crippen LogP contribution in [0.1, 0.15) is 108 Å². The van der Waals surface area contributed by atoms with Gasteiger partial charge in [-0.25, -0.2) is 0 Å². The molecule has 0 saturated carbocycles. The van der Waals surface area contributed by atoms with Gasteiger partial charge in [-0.2, -0.15) is 0 Å². The average Bonchev–Trinajstić information content (AvgIpc) is 2.94. The fourth-order valence-electron chi connectivity index (χ4n) is 4.85. The Morgan fingerprint density at radius 3 is 2.00 bits per heavy atom. The monoisotopic (exact) mass is 590 g/mol. The fourth-order valence-corrected chi connectivity index (χ4v) is 5.59. The molecule has 0 fully saturated rings. The number of unbranched alkanes of at least 4 members (excludes halogenated alkanes) is 12. The van der Waals surface area contributed by atoms with Gasteiger partial charge in [0, 0.05) is 12.6 Å². The number of amides is 1. The quantitative estimate of drug-likeness (QED) is 0.0836. The molecule has 1 unspecified atom stereocenters. The van der Waals surface area contributed by atoms with Crippen LogP contribution in [-0.2, 0) is 22.4 Å². The van der Waals surface area contributed by atoms with E-state index < -0.39 is 25.9 Å². The second-order valence-electron chi connectivity index (χ2n) is 11.0. The Bertz CT molecular complexity index is 999. The molecule has 0 bridgehead atoms. The minimum Gasteiger partial charge on any atom is -0.487 e. The van der Waals surface area contributed by atoms with E-state index >= 15 is 0 Å². The number of hydrogen-bond donors (Lipinski definition) is 4. The van der Waals surface area contributed by atoms with Crippen molar-refractivity contribution in [3.8, 4) is 5.75 Å². The Kier molecular flexibility index (Phi) is 17.6. The van der Waals surface area contributed by atoms with Gasteiger partial charge in [-0.3, -0.25) is 14.3 Å². The number of carbonyl (C=O) groups is 1. The molecule has 1 amide bonds. The summed E-state index contributed by atoms with van der Waals surface area (Å²) >= 11 is 0. The molecule has 9 heteroatoms. The maximum atomic E-state index is 12.6. The van der Waals surface area contributed by atoms with E-state index in [9.17, 15) is 24.3 Å². The number of hydrogen-bond acceptors (Lipinski definition) is 5. The Morgan fingerprint density at radius 2 is 1.46 bits per heavy atom. The first kappa shape index (κ1) is 34.9. The van der Waals surface area contributed by atoms with Crippen LogP contribution in [0.25, 0.3) is 0 Å². The third-order valence-electron chi connectivity index (χ3n) is 7.23. The average molecular weight is 591 g/mol. The third-order valence-corrected chi connectivity index (χ3v) is 8.08. The first-order valence-electron chi connectivity index (χ1n) is 15.4. The molecule has 0 saturated heterocycles. The lowest BCUT2D eigenvalue weighted by atomic mass is 10.0. The highest BCUT2D eigenvalue weighted by Crippen LogP contribution is 2.35. The second-order valence-corrected chi connectivity index (χ2v) is 12.7. The van der Waals surface area contributed by atoms with Crippen molar-refractivity contribution in [2.24, 2.45) is 0 Å². The zero-order valence-electron chi connectivity index (χ0n) is 24.8. The summed E-state index contributed by atoms with van der Waals surface area (Å²) in [5.74, 6) is 0.441. The lowest BCUT2D eigenvalue weighted by molar-refractivity contribution is -0.122. The molecule has 2 rings (SSSR count). The van der Waals surface area contributed by atoms with Crippen molar-refractivity contribution in [3.63, 3.8) is 0 Å². The molecule has 2 aromatic rings. The molecule has 0 radical (unpaired) electrons. The number of benzene rings is 1. The molecule has 1 aromatic carbocycles. The van der Waals surface area contributed by atoms with Crippen LogP contribution in [0.5, 0.6) is 5.75 Å². The predicted octanol–water partition coefficient (Wildman–Crippen LogP) is 6.71. The van der Waals surface area contributed by atoms with Gasteiger partial charge >= 0.3 is 7.60 Å². The second kappa shape index (κ2) is 20.6. The molecule has 1 aromatic heterocycles. The highest BCUT2D eigenvalue weighted by molar-refractivity contribution is 7.51. The molecule has 1 heterocycles. The van der Waals surface area contributed by atoms with Crippen LogP contribution >= 0.6 is 7.60 Å². The number of nitrogens with zero attached hydrogens (tertiary/aromatic N) is 1. The smallest absolute Gasteiger partial charge is 0.328 e. The summed E-state index contributed by atoms with van der Waals surface area (Å²) in [5, 5.41) is 13.4. The summed E-state index contributed by atoms with van der Waals surface area (Å²) in [4.78, 5) is 35.6. The largest absolute Gasteiger partial charge is 0.487 e. The molecule has 0 aliphatic rings. The van der Waals surface area contributed by atoms with Crippen molar-refractivity contribution in [1.29, 1.82) is 0 Å². The van der Waals surface area contributed by atoms with Crippen molar-refractivity contribution in [2.45, 2.75) is 122 Å². The molecule has 4 N–H and O–H groups in total. The van der Waals surface area contributed by atoms with Crippen LogP contribution in [0.4, 0.5) is 0 Å². The van der Waals surface area contributed by atoms with Gasteiger partial charge in [-0.15, -0.1) is 0 Å². The van der Waals surface area contributed by atoms with Gasteiger partial charge in [0.1, 0.15) is 12.4 Å². The van der Waals surface area contributed by atoms with Crippen LogP contribution < -0.4 is 10.1 Å². The first-order chi connectivity index (χ1) is 19.8. The Morgan fingerprint density at radius 1 is 0.878 bits per heavy atom. The van der Waals surface area contributed by atoms with Crippen LogP contribution in [0.3, 0.4) is 0 Å². The lowest BCUT2D eigenvalue weighted by Crippen LogP contribution is -2.46. The molecule has 0 aliphatic heterocycles. The van der Waals surface area contributed by atoms with Gasteiger partial charge in [0.25, 0.3) is 0 Å². The number of ether oxygens (including phenoxy) is 1. The van der Waals surface area contributed by atoms with Crippen molar-refractivity contribution in [3.05, 3.63) is 59.9 Å². The van der Waals surface area contributed by atoms with Crippen LogP contribution in [0.2, 0.25) is 0 Å². The van der Waals surface area contributed by atoms with Crippen molar-refractivity contribution < 1.29 is 29.0 Å². The standard InChI is InChI=1S/C32H51N2O6P/c1-2-3-4-5-6-7-8-9-10-11-12-13-14-18-32(36)34-30(31(35)26-41(37,38)39)24-27-19-21-29(22-20-27)40-25-28-17-15-16-23-33-28/h15-17,19-23,30-31,35H,2-14,18,24-26H2,1H3,(H,34,36)(H2,37,38,39)/t30-,31?/m1/s1. The highest BCUT2D eigenvalue weighted by atomic mass is 31.2. The van der Waals surface area contributed by atoms with Gasteiger partial charge in [-0.05, 0) is 42.7 Å². The summed E-state index contributed by atoms with van der Waals surface area (Å²) in [6.45, 7) is 2.58. The van der Waals surface area contributed by atoms with Crippen molar-refractivity contribution in [2.75, 3.05) is 6.16 Å². The summed E-state index contributed by atoms with van der Waals surface area (Å²) < 4.78 is 17.3. The molecular formula is C32H51N2O6P. The minimum absolute atomic E-state index is 0.210. The van der Waals surface area contributed by atoms with Crippen LogP contribution in [0, 0.1) is 0 Å². The summed E-state index contributed by atoms with van der Waals surface area (Å²) in [6.07, 6.45) is 16.1. The van der Waals surface area contributed by atoms with E-state index in [0.717, 1.165) is 30.5 Å². The molecule has 230 valence electrons. The lowest BCUT2D eigenvalue weighted by Gasteiger charge is -2.25. The number of pyridine rings is 1. The van der Waals surface area contributed by atoms with E-state index in [0.29, 0.717) is 18.8 Å². The minimum atomic E-state index is -4.45. The molecule has 0 spiro atoms.